The van der Waals surface area contributed by atoms with Gasteiger partial charge in [-0.1, -0.05) is 51.4 Å². The number of hydrogen-bond acceptors (Lipinski definition) is 5. The van der Waals surface area contributed by atoms with Crippen LogP contribution in [-0.4, -0.2) is 16.6 Å². The van der Waals surface area contributed by atoms with E-state index in [0.717, 1.165) is 43.2 Å². The Labute approximate surface area is 168 Å². The molecule has 3 rings (SSSR count). The van der Waals surface area contributed by atoms with Gasteiger partial charge in [0.15, 0.2) is 0 Å². The first-order valence-corrected chi connectivity index (χ1v) is 10.3. The van der Waals surface area contributed by atoms with Crippen LogP contribution in [-0.2, 0) is 10.5 Å². The summed E-state index contributed by atoms with van der Waals surface area (Å²) < 4.78 is 6.87. The zero-order valence-corrected chi connectivity index (χ0v) is 17.1. The highest BCUT2D eigenvalue weighted by atomic mass is 79.9. The molecule has 128 valence electrons. The fourth-order valence-electron chi connectivity index (χ4n) is 2.08. The predicted octanol–water partition coefficient (Wildman–Crippen LogP) is 6.01. The molecule has 0 bridgehead atoms. The van der Waals surface area contributed by atoms with Crippen molar-refractivity contribution >= 4 is 66.6 Å². The van der Waals surface area contributed by atoms with Crippen LogP contribution in [0.4, 0.5) is 0 Å². The number of hydrogen-bond donors (Lipinski definition) is 0. The Morgan fingerprint density at radius 3 is 2.76 bits per heavy atom. The zero-order valence-electron chi connectivity index (χ0n) is 13.2. The van der Waals surface area contributed by atoms with Crippen LogP contribution < -0.4 is 4.74 Å². The van der Waals surface area contributed by atoms with Crippen molar-refractivity contribution in [3.63, 3.8) is 0 Å². The van der Waals surface area contributed by atoms with Gasteiger partial charge >= 0.3 is 0 Å². The summed E-state index contributed by atoms with van der Waals surface area (Å²) in [4.78, 5) is 16.7. The second-order valence-electron chi connectivity index (χ2n) is 5.10. The molecule has 25 heavy (non-hydrogen) atoms. The van der Waals surface area contributed by atoms with E-state index >= 15 is 0 Å². The third kappa shape index (κ3) is 4.91. The Kier molecular flexibility index (Phi) is 6.28. The molecule has 2 aromatic rings. The fourth-order valence-corrected chi connectivity index (χ4v) is 4.37. The van der Waals surface area contributed by atoms with Gasteiger partial charge in [-0.15, -0.1) is 0 Å². The third-order valence-electron chi connectivity index (χ3n) is 3.37. The van der Waals surface area contributed by atoms with E-state index < -0.39 is 0 Å². The van der Waals surface area contributed by atoms with Crippen molar-refractivity contribution in [3.8, 4) is 5.75 Å². The van der Waals surface area contributed by atoms with Gasteiger partial charge < -0.3 is 4.74 Å². The molecular formula is C18H13BrClNO2S2. The van der Waals surface area contributed by atoms with Crippen molar-refractivity contribution < 1.29 is 9.53 Å². The van der Waals surface area contributed by atoms with Crippen molar-refractivity contribution in [1.29, 1.82) is 0 Å². The van der Waals surface area contributed by atoms with Crippen LogP contribution in [0.2, 0.25) is 5.02 Å². The van der Waals surface area contributed by atoms with Crippen molar-refractivity contribution in [2.75, 3.05) is 7.11 Å². The molecule has 0 fully saturated rings. The van der Waals surface area contributed by atoms with Gasteiger partial charge in [0.05, 0.1) is 7.11 Å². The molecule has 0 N–H and O–H groups in total. The second kappa shape index (κ2) is 8.45. The van der Waals surface area contributed by atoms with Crippen LogP contribution in [0.3, 0.4) is 0 Å². The molecule has 3 nitrogen and oxygen atoms in total. The number of aliphatic imine (C=N–C) groups is 1. The maximum atomic E-state index is 12.2. The van der Waals surface area contributed by atoms with Gasteiger partial charge in [-0.25, -0.2) is 4.99 Å². The molecule has 0 atom stereocenters. The van der Waals surface area contributed by atoms with E-state index in [9.17, 15) is 4.79 Å². The molecule has 0 aliphatic carbocycles. The lowest BCUT2D eigenvalue weighted by atomic mass is 10.2. The number of rotatable bonds is 4. The average molecular weight is 455 g/mol. The summed E-state index contributed by atoms with van der Waals surface area (Å²) in [6, 6.07) is 13.3. The lowest BCUT2D eigenvalue weighted by Gasteiger charge is -2.03. The van der Waals surface area contributed by atoms with E-state index in [-0.39, 0.29) is 5.12 Å². The summed E-state index contributed by atoms with van der Waals surface area (Å²) in [5.41, 5.74) is 2.44. The van der Waals surface area contributed by atoms with Gasteiger partial charge in [0.2, 0.25) is 5.12 Å². The van der Waals surface area contributed by atoms with Crippen LogP contribution in [0.25, 0.3) is 6.08 Å². The molecule has 0 spiro atoms. The van der Waals surface area contributed by atoms with Crippen LogP contribution in [0.15, 0.2) is 57.6 Å². The smallest absolute Gasteiger partial charge is 0.244 e. The van der Waals surface area contributed by atoms with Crippen LogP contribution >= 0.6 is 51.1 Å². The normalized spacial score (nSPS) is 15.6. The SMILES string of the molecule is COc1ccc(Br)c(C=C2N=C(SCc3ccc(Cl)cc3)SC2=O)c1. The number of carbonyl (C=O) groups excluding carboxylic acids is 1. The van der Waals surface area contributed by atoms with E-state index in [1.807, 2.05) is 42.5 Å². The number of carbonyl (C=O) groups is 1. The lowest BCUT2D eigenvalue weighted by molar-refractivity contribution is -0.107. The molecule has 1 aliphatic heterocycles. The van der Waals surface area contributed by atoms with Crippen molar-refractivity contribution in [1.82, 2.24) is 0 Å². The second-order valence-corrected chi connectivity index (χ2v) is 8.57. The Morgan fingerprint density at radius 1 is 1.28 bits per heavy atom. The Morgan fingerprint density at radius 2 is 2.04 bits per heavy atom. The highest BCUT2D eigenvalue weighted by Crippen LogP contribution is 2.34. The minimum absolute atomic E-state index is 0.0478. The van der Waals surface area contributed by atoms with Gasteiger partial charge in [0, 0.05) is 15.2 Å². The molecule has 1 aliphatic rings. The number of methoxy groups -OCH3 is 1. The van der Waals surface area contributed by atoms with Gasteiger partial charge in [-0.3, -0.25) is 4.79 Å². The first kappa shape index (κ1) is 18.6. The zero-order chi connectivity index (χ0) is 17.8. The molecule has 7 heteroatoms. The van der Waals surface area contributed by atoms with Gasteiger partial charge in [-0.05, 0) is 59.3 Å². The standard InChI is InChI=1S/C18H13BrClNO2S2/c1-23-14-6-7-15(19)12(8-14)9-16-17(22)25-18(21-16)24-10-11-2-4-13(20)5-3-11/h2-9H,10H2,1H3. The lowest BCUT2D eigenvalue weighted by Crippen LogP contribution is -1.90. The number of nitrogens with zero attached hydrogens (tertiary/aromatic N) is 1. The molecular weight excluding hydrogens is 442 g/mol. The highest BCUT2D eigenvalue weighted by Gasteiger charge is 2.22. The van der Waals surface area contributed by atoms with E-state index in [1.54, 1.807) is 24.9 Å². The fraction of sp³-hybridized carbons (Fsp3) is 0.111. The average Bonchev–Trinajstić information content (AvgIpc) is 2.96. The Balaban J connectivity index is 1.74. The van der Waals surface area contributed by atoms with E-state index in [2.05, 4.69) is 20.9 Å². The largest absolute Gasteiger partial charge is 0.497 e. The monoisotopic (exact) mass is 453 g/mol. The maximum absolute atomic E-state index is 12.2. The molecule has 0 saturated heterocycles. The van der Waals surface area contributed by atoms with Crippen molar-refractivity contribution in [3.05, 3.63) is 68.8 Å². The number of halogens is 2. The topological polar surface area (TPSA) is 38.7 Å². The van der Waals surface area contributed by atoms with Gasteiger partial charge in [0.25, 0.3) is 0 Å². The van der Waals surface area contributed by atoms with Gasteiger partial charge in [-0.2, -0.15) is 0 Å². The molecule has 0 amide bonds. The first-order valence-electron chi connectivity index (χ1n) is 7.28. The molecule has 2 aromatic carbocycles. The quantitative estimate of drug-likeness (QED) is 0.530. The van der Waals surface area contributed by atoms with Crippen LogP contribution in [0.5, 0.6) is 5.75 Å². The molecule has 1 heterocycles. The van der Waals surface area contributed by atoms with Crippen LogP contribution in [0, 0.1) is 0 Å². The number of ether oxygens (including phenoxy) is 1. The maximum Gasteiger partial charge on any atom is 0.244 e. The van der Waals surface area contributed by atoms with Crippen molar-refractivity contribution in [2.24, 2.45) is 4.99 Å². The first-order chi connectivity index (χ1) is 12.0. The number of benzene rings is 2. The highest BCUT2D eigenvalue weighted by molar-refractivity contribution is 9.10. The summed E-state index contributed by atoms with van der Waals surface area (Å²) >= 11 is 12.1. The molecule has 0 radical (unpaired) electrons. The molecule has 0 unspecified atom stereocenters. The summed E-state index contributed by atoms with van der Waals surface area (Å²) in [5.74, 6) is 1.47. The minimum Gasteiger partial charge on any atom is -0.497 e. The van der Waals surface area contributed by atoms with Crippen LogP contribution in [0.1, 0.15) is 11.1 Å². The summed E-state index contributed by atoms with van der Waals surface area (Å²) in [7, 11) is 1.61. The third-order valence-corrected chi connectivity index (χ3v) is 6.43. The predicted molar refractivity (Wildman–Crippen MR) is 111 cm³/mol. The molecule has 0 aromatic heterocycles. The molecule has 0 saturated carbocycles. The van der Waals surface area contributed by atoms with Gasteiger partial charge in [0.1, 0.15) is 15.8 Å². The Hall–Kier alpha value is -1.21. The minimum atomic E-state index is -0.0478. The summed E-state index contributed by atoms with van der Waals surface area (Å²) in [5, 5.41) is 0.666. The van der Waals surface area contributed by atoms with E-state index in [4.69, 9.17) is 16.3 Å². The summed E-state index contributed by atoms with van der Waals surface area (Å²) in [6.07, 6.45) is 1.78. The van der Waals surface area contributed by atoms with E-state index in [1.165, 1.54) is 0 Å². The van der Waals surface area contributed by atoms with E-state index in [0.29, 0.717) is 10.7 Å². The number of thioether (sulfide) groups is 2. The summed E-state index contributed by atoms with van der Waals surface area (Å²) in [6.45, 7) is 0. The van der Waals surface area contributed by atoms with Crippen molar-refractivity contribution in [2.45, 2.75) is 5.75 Å². The Bertz CT molecular complexity index is 866.